The third kappa shape index (κ3) is 4.04. The van der Waals surface area contributed by atoms with Crippen LogP contribution in [0, 0.1) is 0 Å². The molecular weight excluding hydrogens is 314 g/mol. The molecule has 1 aromatic carbocycles. The number of hydrogen-bond donors (Lipinski definition) is 2. The van der Waals surface area contributed by atoms with Crippen LogP contribution in [0.3, 0.4) is 0 Å². The maximum atomic E-state index is 12.3. The first-order valence-corrected chi connectivity index (χ1v) is 8.05. The highest BCUT2D eigenvalue weighted by atomic mass is 32.1. The Morgan fingerprint density at radius 1 is 1.22 bits per heavy atom. The van der Waals surface area contributed by atoms with Gasteiger partial charge in [0.25, 0.3) is 5.91 Å². The average Bonchev–Trinajstić information content (AvgIpc) is 3.04. The number of nitrogens with zero attached hydrogens (tertiary/aromatic N) is 1. The van der Waals surface area contributed by atoms with E-state index in [0.717, 1.165) is 11.1 Å². The molecule has 0 aliphatic carbocycles. The normalized spacial score (nSPS) is 12.0. The van der Waals surface area contributed by atoms with Gasteiger partial charge in [0.15, 0.2) is 5.78 Å². The number of aliphatic hydroxyl groups excluding tert-OH is 2. The molecule has 2 aromatic rings. The summed E-state index contributed by atoms with van der Waals surface area (Å²) in [5, 5.41) is 20.1. The van der Waals surface area contributed by atoms with E-state index in [1.54, 1.807) is 31.3 Å². The van der Waals surface area contributed by atoms with Gasteiger partial charge in [0.1, 0.15) is 0 Å². The van der Waals surface area contributed by atoms with Crippen LogP contribution in [0.2, 0.25) is 0 Å². The van der Waals surface area contributed by atoms with Crippen LogP contribution in [0.4, 0.5) is 0 Å². The van der Waals surface area contributed by atoms with E-state index in [0.29, 0.717) is 10.4 Å². The van der Waals surface area contributed by atoms with Crippen LogP contribution in [0.15, 0.2) is 35.7 Å². The van der Waals surface area contributed by atoms with Crippen LogP contribution in [0.5, 0.6) is 0 Å². The minimum absolute atomic E-state index is 0.0212. The predicted molar refractivity (Wildman–Crippen MR) is 89.8 cm³/mol. The number of Topliss-reactive ketones (excluding diaryl/α,β-unsaturated/α-hetero) is 1. The molecule has 2 N–H and O–H groups in total. The molecule has 0 radical (unpaired) electrons. The fourth-order valence-corrected chi connectivity index (χ4v) is 3.10. The SMILES string of the molecule is CC(=O)c1sccc1-c1ccc(C(=O)N(C)CC(O)CO)cc1. The molecule has 0 aliphatic rings. The lowest BCUT2D eigenvalue weighted by molar-refractivity contribution is 0.0520. The van der Waals surface area contributed by atoms with Gasteiger partial charge in [-0.2, -0.15) is 0 Å². The summed E-state index contributed by atoms with van der Waals surface area (Å²) < 4.78 is 0. The molecule has 0 bridgehead atoms. The Morgan fingerprint density at radius 2 is 1.87 bits per heavy atom. The highest BCUT2D eigenvalue weighted by Crippen LogP contribution is 2.29. The summed E-state index contributed by atoms with van der Waals surface area (Å²) in [7, 11) is 1.57. The molecule has 5 nitrogen and oxygen atoms in total. The Kier molecular flexibility index (Phi) is 5.65. The van der Waals surface area contributed by atoms with Crippen LogP contribution in [-0.2, 0) is 0 Å². The summed E-state index contributed by atoms with van der Waals surface area (Å²) in [6.45, 7) is 1.22. The number of carbonyl (C=O) groups is 2. The van der Waals surface area contributed by atoms with E-state index >= 15 is 0 Å². The van der Waals surface area contributed by atoms with Gasteiger partial charge in [-0.25, -0.2) is 0 Å². The third-order valence-corrected chi connectivity index (χ3v) is 4.49. The number of likely N-dealkylation sites (N-methyl/N-ethyl adjacent to an activating group) is 1. The lowest BCUT2D eigenvalue weighted by atomic mass is 10.0. The van der Waals surface area contributed by atoms with Gasteiger partial charge >= 0.3 is 0 Å². The van der Waals surface area contributed by atoms with E-state index < -0.39 is 6.10 Å². The zero-order valence-electron chi connectivity index (χ0n) is 13.0. The fraction of sp³-hybridized carbons (Fsp3) is 0.294. The van der Waals surface area contributed by atoms with Crippen LogP contribution in [0.25, 0.3) is 11.1 Å². The van der Waals surface area contributed by atoms with Crippen molar-refractivity contribution >= 4 is 23.0 Å². The number of thiophene rings is 1. The molecule has 6 heteroatoms. The van der Waals surface area contributed by atoms with Crippen molar-refractivity contribution < 1.29 is 19.8 Å². The zero-order valence-corrected chi connectivity index (χ0v) is 13.8. The van der Waals surface area contributed by atoms with E-state index in [4.69, 9.17) is 5.11 Å². The molecule has 0 saturated carbocycles. The second kappa shape index (κ2) is 7.50. The molecule has 1 atom stereocenters. The second-order valence-electron chi connectivity index (χ2n) is 5.32. The van der Waals surface area contributed by atoms with Gasteiger partial charge in [0.05, 0.1) is 17.6 Å². The summed E-state index contributed by atoms with van der Waals surface area (Å²) >= 11 is 1.40. The topological polar surface area (TPSA) is 77.8 Å². The Hall–Kier alpha value is -2.02. The number of rotatable bonds is 6. The van der Waals surface area contributed by atoms with Gasteiger partial charge in [0.2, 0.25) is 0 Å². The van der Waals surface area contributed by atoms with Crippen molar-refractivity contribution in [2.45, 2.75) is 13.0 Å². The standard InChI is InChI=1S/C17H19NO4S/c1-11(20)16-15(7-8-23-16)12-3-5-13(6-4-12)17(22)18(2)9-14(21)10-19/h3-8,14,19,21H,9-10H2,1-2H3. The van der Waals surface area contributed by atoms with E-state index in [1.807, 2.05) is 11.4 Å². The van der Waals surface area contributed by atoms with Crippen molar-refractivity contribution in [3.63, 3.8) is 0 Å². The van der Waals surface area contributed by atoms with Gasteiger partial charge in [-0.15, -0.1) is 11.3 Å². The quantitative estimate of drug-likeness (QED) is 0.793. The lowest BCUT2D eigenvalue weighted by Gasteiger charge is -2.19. The first-order valence-electron chi connectivity index (χ1n) is 7.17. The van der Waals surface area contributed by atoms with E-state index in [2.05, 4.69) is 0 Å². The highest BCUT2D eigenvalue weighted by molar-refractivity contribution is 7.12. The van der Waals surface area contributed by atoms with Crippen LogP contribution in [0.1, 0.15) is 27.0 Å². The fourth-order valence-electron chi connectivity index (χ4n) is 2.28. The smallest absolute Gasteiger partial charge is 0.253 e. The molecule has 1 amide bonds. The van der Waals surface area contributed by atoms with Crippen LogP contribution < -0.4 is 0 Å². The molecule has 0 fully saturated rings. The minimum atomic E-state index is -0.952. The highest BCUT2D eigenvalue weighted by Gasteiger charge is 2.16. The average molecular weight is 333 g/mol. The molecule has 1 unspecified atom stereocenters. The summed E-state index contributed by atoms with van der Waals surface area (Å²) in [5.41, 5.74) is 2.23. The maximum Gasteiger partial charge on any atom is 0.253 e. The van der Waals surface area contributed by atoms with Gasteiger partial charge in [-0.1, -0.05) is 12.1 Å². The zero-order chi connectivity index (χ0) is 17.0. The van der Waals surface area contributed by atoms with Gasteiger partial charge in [-0.3, -0.25) is 9.59 Å². The molecule has 122 valence electrons. The van der Waals surface area contributed by atoms with Gasteiger partial charge in [0, 0.05) is 24.7 Å². The minimum Gasteiger partial charge on any atom is -0.394 e. The molecule has 1 heterocycles. The largest absolute Gasteiger partial charge is 0.394 e. The first-order chi connectivity index (χ1) is 10.9. The summed E-state index contributed by atoms with van der Waals surface area (Å²) in [6, 6.07) is 8.89. The Balaban J connectivity index is 2.17. The Morgan fingerprint density at radius 3 is 2.43 bits per heavy atom. The van der Waals surface area contributed by atoms with Crippen molar-refractivity contribution in [1.82, 2.24) is 4.90 Å². The van der Waals surface area contributed by atoms with Crippen molar-refractivity contribution in [2.24, 2.45) is 0 Å². The van der Waals surface area contributed by atoms with Crippen molar-refractivity contribution in [1.29, 1.82) is 0 Å². The molecule has 23 heavy (non-hydrogen) atoms. The molecule has 0 spiro atoms. The van der Waals surface area contributed by atoms with Crippen molar-refractivity contribution in [2.75, 3.05) is 20.2 Å². The molecule has 1 aromatic heterocycles. The second-order valence-corrected chi connectivity index (χ2v) is 6.24. The molecule has 0 aliphatic heterocycles. The molecule has 0 saturated heterocycles. The molecule has 2 rings (SSSR count). The van der Waals surface area contributed by atoms with Gasteiger partial charge in [-0.05, 0) is 36.1 Å². The van der Waals surface area contributed by atoms with Crippen LogP contribution in [-0.4, -0.2) is 53.1 Å². The summed E-state index contributed by atoms with van der Waals surface area (Å²) in [6.07, 6.45) is -0.952. The monoisotopic (exact) mass is 333 g/mol. The number of hydrogen-bond acceptors (Lipinski definition) is 5. The third-order valence-electron chi connectivity index (χ3n) is 3.47. The number of aliphatic hydroxyl groups is 2. The summed E-state index contributed by atoms with van der Waals surface area (Å²) in [4.78, 5) is 25.9. The lowest BCUT2D eigenvalue weighted by Crippen LogP contribution is -2.35. The van der Waals surface area contributed by atoms with E-state index in [9.17, 15) is 14.7 Å². The van der Waals surface area contributed by atoms with Crippen LogP contribution >= 0.6 is 11.3 Å². The Bertz CT molecular complexity index is 693. The maximum absolute atomic E-state index is 12.3. The Labute approximate surface area is 138 Å². The number of carbonyl (C=O) groups excluding carboxylic acids is 2. The first kappa shape index (κ1) is 17.3. The van der Waals surface area contributed by atoms with E-state index in [-0.39, 0.29) is 24.8 Å². The van der Waals surface area contributed by atoms with Crippen molar-refractivity contribution in [3.05, 3.63) is 46.2 Å². The van der Waals surface area contributed by atoms with Gasteiger partial charge < -0.3 is 15.1 Å². The van der Waals surface area contributed by atoms with E-state index in [1.165, 1.54) is 23.2 Å². The number of ketones is 1. The molecular formula is C17H19NO4S. The number of amides is 1. The predicted octanol–water partition coefficient (Wildman–Crippen LogP) is 2.04. The number of benzene rings is 1. The van der Waals surface area contributed by atoms with Crippen molar-refractivity contribution in [3.8, 4) is 11.1 Å². The summed E-state index contributed by atoms with van der Waals surface area (Å²) in [5.74, 6) is -0.214.